The van der Waals surface area contributed by atoms with Crippen molar-refractivity contribution < 1.29 is 25.6 Å². The molecule has 2 nitrogen and oxygen atoms in total. The zero-order valence-corrected chi connectivity index (χ0v) is 18.0. The summed E-state index contributed by atoms with van der Waals surface area (Å²) in [5.74, 6) is 0. The van der Waals surface area contributed by atoms with Crippen molar-refractivity contribution in [3.05, 3.63) is 38.7 Å². The molecule has 0 N–H and O–H groups in total. The fourth-order valence-corrected chi connectivity index (χ4v) is 1.48. The molecular weight excluding hydrogens is 351 g/mol. The third-order valence-corrected chi connectivity index (χ3v) is 2.34. The van der Waals surface area contributed by atoms with Crippen molar-refractivity contribution in [2.45, 2.75) is 32.5 Å². The molecule has 116 valence electrons. The molecule has 0 atom stereocenters. The quantitative estimate of drug-likeness (QED) is 0.554. The van der Waals surface area contributed by atoms with Crippen LogP contribution in [-0.4, -0.2) is 22.6 Å². The molecule has 7 heteroatoms. The van der Waals surface area contributed by atoms with Gasteiger partial charge < -0.3 is 18.8 Å². The van der Waals surface area contributed by atoms with Gasteiger partial charge in [-0.05, 0) is 19.6 Å². The Bertz CT molecular complexity index is 239. The molecule has 0 aliphatic heterocycles. The second kappa shape index (κ2) is 24.0. The second-order valence-corrected chi connectivity index (χ2v) is 10.1. The topological polar surface area (TPSA) is 26.3 Å². The molecule has 0 fully saturated rings. The first-order valence-corrected chi connectivity index (χ1v) is 13.3. The molecule has 0 saturated carbocycles. The Balaban J connectivity index is -0.0000000522. The molecule has 0 heterocycles. The van der Waals surface area contributed by atoms with Crippen LogP contribution in [0.25, 0.3) is 0 Å². The zero-order valence-electron chi connectivity index (χ0n) is 12.4. The molecule has 0 aromatic rings. The Labute approximate surface area is 143 Å². The van der Waals surface area contributed by atoms with E-state index >= 15 is 0 Å². The summed E-state index contributed by atoms with van der Waals surface area (Å²) in [6.07, 6.45) is 10.9. The fourth-order valence-electron chi connectivity index (χ4n) is 0.719. The van der Waals surface area contributed by atoms with Crippen LogP contribution in [0.5, 0.6) is 0 Å². The van der Waals surface area contributed by atoms with Gasteiger partial charge in [0.1, 0.15) is 0 Å². The van der Waals surface area contributed by atoms with Crippen molar-refractivity contribution in [1.82, 2.24) is 0 Å². The molecule has 0 aromatic carbocycles. The molecule has 0 bridgehead atoms. The summed E-state index contributed by atoms with van der Waals surface area (Å²) < 4.78 is 14.5. The summed E-state index contributed by atoms with van der Waals surface area (Å²) in [5, 5.41) is 0. The number of halogens is 2. The molecule has 1 aliphatic rings. The first-order chi connectivity index (χ1) is 7.47. The van der Waals surface area contributed by atoms with E-state index in [1.165, 1.54) is 0 Å². The van der Waals surface area contributed by atoms with Crippen LogP contribution < -0.4 is 0 Å². The Kier molecular flexibility index (Phi) is 40.5. The summed E-state index contributed by atoms with van der Waals surface area (Å²) in [4.78, 5) is 0. The minimum atomic E-state index is -1.22. The van der Waals surface area contributed by atoms with Gasteiger partial charge in [0.05, 0.1) is 0 Å². The molecule has 0 spiro atoms. The summed E-state index contributed by atoms with van der Waals surface area (Å²) in [7, 11) is 0.325. The number of allylic oxidation sites excluding steroid dienone is 4. The summed E-state index contributed by atoms with van der Waals surface area (Å²) >= 11 is -0.722. The van der Waals surface area contributed by atoms with Crippen LogP contribution in [0.3, 0.4) is 0 Å². The van der Waals surface area contributed by atoms with Crippen molar-refractivity contribution in [3.63, 3.8) is 0 Å². The fraction of sp³-hybridized carbons (Fsp3) is 0.500. The van der Waals surface area contributed by atoms with Crippen LogP contribution in [0.2, 0.25) is 19.6 Å². The molecule has 1 rings (SSSR count). The van der Waals surface area contributed by atoms with E-state index in [0.29, 0.717) is 0 Å². The van der Waals surface area contributed by atoms with Crippen LogP contribution in [0.4, 0.5) is 0 Å². The third-order valence-electron chi connectivity index (χ3n) is 1.27. The Morgan fingerprint density at radius 3 is 2.00 bits per heavy atom. The molecule has 0 radical (unpaired) electrons. The molecule has 0 amide bonds. The van der Waals surface area contributed by atoms with Gasteiger partial charge in [0.2, 0.25) is 0 Å². The van der Waals surface area contributed by atoms with Gasteiger partial charge in [-0.1, -0.05) is 0 Å². The number of hydrogen-bond acceptors (Lipinski definition) is 2. The van der Waals surface area contributed by atoms with Crippen LogP contribution in [0.1, 0.15) is 12.8 Å². The Morgan fingerprint density at radius 2 is 1.89 bits per heavy atom. The van der Waals surface area contributed by atoms with Crippen molar-refractivity contribution in [2.24, 2.45) is 0 Å². The molecule has 1 aliphatic carbocycles. The van der Waals surface area contributed by atoms with Crippen molar-refractivity contribution in [3.8, 4) is 0 Å². The molecule has 0 saturated heterocycles. The summed E-state index contributed by atoms with van der Waals surface area (Å²) in [5.41, 5.74) is 0. The molecular formula is C12H27Cl2O2Si2Ti-3. The Hall–Kier alpha value is 0.968. The monoisotopic (exact) mass is 377 g/mol. The van der Waals surface area contributed by atoms with E-state index in [4.69, 9.17) is 7.75 Å². The molecule has 19 heavy (non-hydrogen) atoms. The predicted molar refractivity (Wildman–Crippen MR) is 91.0 cm³/mol. The van der Waals surface area contributed by atoms with Gasteiger partial charge >= 0.3 is 28.8 Å². The molecule has 0 unspecified atom stereocenters. The van der Waals surface area contributed by atoms with Crippen LogP contribution in [0, 0.1) is 20.4 Å². The van der Waals surface area contributed by atoms with E-state index in [0.717, 1.165) is 19.4 Å². The number of hydrogen-bond donors (Lipinski definition) is 0. The summed E-state index contributed by atoms with van der Waals surface area (Å²) in [6, 6.07) is 0. The average molecular weight is 378 g/mol. The number of rotatable bonds is 3. The predicted octanol–water partition coefficient (Wildman–Crippen LogP) is 3.62. The normalized spacial score (nSPS) is 10.1. The van der Waals surface area contributed by atoms with E-state index in [1.54, 1.807) is 7.63 Å². The second-order valence-electron chi connectivity index (χ2n) is 3.96. The van der Waals surface area contributed by atoms with Gasteiger partial charge in [-0.15, -0.1) is 31.2 Å². The van der Waals surface area contributed by atoms with Crippen LogP contribution in [-0.2, 0) is 25.6 Å². The van der Waals surface area contributed by atoms with Crippen molar-refractivity contribution in [2.75, 3.05) is 6.61 Å². The maximum absolute atomic E-state index is 9.07. The average Bonchev–Trinajstić information content (AvgIpc) is 2.72. The van der Waals surface area contributed by atoms with Crippen LogP contribution in [0.15, 0.2) is 18.2 Å². The molecule has 0 aromatic heterocycles. The van der Waals surface area contributed by atoms with E-state index in [9.17, 15) is 0 Å². The van der Waals surface area contributed by atoms with Gasteiger partial charge in [0.15, 0.2) is 8.32 Å². The summed E-state index contributed by atoms with van der Waals surface area (Å²) in [6.45, 7) is 11.1. The maximum atomic E-state index is 9.07. The van der Waals surface area contributed by atoms with Crippen molar-refractivity contribution in [1.29, 1.82) is 0 Å². The van der Waals surface area contributed by atoms with Gasteiger partial charge in [-0.25, -0.2) is 12.2 Å². The van der Waals surface area contributed by atoms with Gasteiger partial charge in [0.25, 0.3) is 0 Å². The van der Waals surface area contributed by atoms with E-state index in [-0.39, 0.29) is 32.2 Å². The van der Waals surface area contributed by atoms with Gasteiger partial charge in [-0.2, -0.15) is 12.5 Å². The standard InChI is InChI=1S/C6H15OSi.C5H5.CH3.2ClH.O.H2Si.Ti/c1-5-6-7-8(2,3)4;1-2-4-5-3-1;;;;;;/h1,5-6H2,2-4H3;1-3H,4H2;1H3;2*1H;;1H2;/q3*-1;;;;;. The third kappa shape index (κ3) is 45.4. The van der Waals surface area contributed by atoms with E-state index < -0.39 is 26.2 Å². The van der Waals surface area contributed by atoms with E-state index in [1.807, 2.05) is 12.2 Å². The SMILES string of the molecule is Cl.Cl.[C-]1=CC=CC1.[CH2-]CCO[Si](C)(C)C.[CH3-].[O]=[Ti]=[SiH2]. The van der Waals surface area contributed by atoms with Gasteiger partial charge in [-0.3, -0.25) is 6.08 Å². The first-order valence-electron chi connectivity index (χ1n) is 5.27. The van der Waals surface area contributed by atoms with E-state index in [2.05, 4.69) is 38.7 Å². The Morgan fingerprint density at radius 1 is 1.42 bits per heavy atom. The van der Waals surface area contributed by atoms with Crippen LogP contribution >= 0.6 is 24.8 Å². The first kappa shape index (κ1) is 32.1. The zero-order chi connectivity index (χ0) is 12.9. The minimum absolute atomic E-state index is 0. The van der Waals surface area contributed by atoms with Crippen molar-refractivity contribution >= 4 is 40.8 Å². The van der Waals surface area contributed by atoms with Gasteiger partial charge in [0, 0.05) is 6.61 Å².